The second kappa shape index (κ2) is 5.06. The smallest absolute Gasteiger partial charge is 0.336 e. The molecule has 2 rings (SSSR count). The number of hydrogen-bond acceptors (Lipinski definition) is 3. The molecular weight excluding hydrogens is 254 g/mol. The minimum absolute atomic E-state index is 0.136. The zero-order valence-corrected chi connectivity index (χ0v) is 10.3. The number of carbonyl (C=O) groups is 1. The molecule has 18 heavy (non-hydrogen) atoms. The van der Waals surface area contributed by atoms with Gasteiger partial charge >= 0.3 is 5.97 Å². The molecule has 0 radical (unpaired) electrons. The van der Waals surface area contributed by atoms with E-state index in [1.807, 2.05) is 0 Å². The van der Waals surface area contributed by atoms with Gasteiger partial charge in [-0.2, -0.15) is 0 Å². The van der Waals surface area contributed by atoms with E-state index in [0.717, 1.165) is 0 Å². The van der Waals surface area contributed by atoms with Crippen molar-refractivity contribution in [3.8, 4) is 17.0 Å². The van der Waals surface area contributed by atoms with Crippen LogP contribution >= 0.6 is 11.6 Å². The first-order valence-electron chi connectivity index (χ1n) is 5.15. The Morgan fingerprint density at radius 2 is 2.17 bits per heavy atom. The van der Waals surface area contributed by atoms with Gasteiger partial charge in [0.05, 0.1) is 12.7 Å². The Kier molecular flexibility index (Phi) is 3.48. The van der Waals surface area contributed by atoms with Gasteiger partial charge in [-0.15, -0.1) is 0 Å². The van der Waals surface area contributed by atoms with Crippen LogP contribution in [0.2, 0.25) is 5.02 Å². The number of carboxylic acid groups (broad SMARTS) is 1. The van der Waals surface area contributed by atoms with Crippen LogP contribution in [0.4, 0.5) is 0 Å². The molecule has 0 unspecified atom stereocenters. The van der Waals surface area contributed by atoms with Crippen molar-refractivity contribution in [3.63, 3.8) is 0 Å². The van der Waals surface area contributed by atoms with Crippen molar-refractivity contribution in [2.24, 2.45) is 0 Å². The van der Waals surface area contributed by atoms with Crippen LogP contribution in [-0.2, 0) is 0 Å². The summed E-state index contributed by atoms with van der Waals surface area (Å²) in [6, 6.07) is 7.98. The highest BCUT2D eigenvalue weighted by Crippen LogP contribution is 2.31. The molecule has 1 N–H and O–H groups in total. The molecule has 1 aromatic carbocycles. The molecule has 0 aliphatic carbocycles. The molecule has 5 heteroatoms. The Labute approximate surface area is 109 Å². The number of ether oxygens (including phenoxy) is 1. The monoisotopic (exact) mass is 263 g/mol. The fourth-order valence-corrected chi connectivity index (χ4v) is 1.83. The van der Waals surface area contributed by atoms with Gasteiger partial charge < -0.3 is 9.84 Å². The SMILES string of the molecule is COc1cccnc1-c1cc(Cl)ccc1C(=O)O. The normalized spacial score (nSPS) is 10.1. The fraction of sp³-hybridized carbons (Fsp3) is 0.0769. The molecule has 1 aromatic heterocycles. The lowest BCUT2D eigenvalue weighted by Gasteiger charge is -2.10. The molecule has 0 amide bonds. The van der Waals surface area contributed by atoms with Gasteiger partial charge in [-0.1, -0.05) is 11.6 Å². The van der Waals surface area contributed by atoms with Gasteiger partial charge in [0.25, 0.3) is 0 Å². The van der Waals surface area contributed by atoms with Gasteiger partial charge in [-0.25, -0.2) is 4.79 Å². The summed E-state index contributed by atoms with van der Waals surface area (Å²) < 4.78 is 5.18. The number of benzene rings is 1. The zero-order chi connectivity index (χ0) is 13.1. The number of pyridine rings is 1. The molecule has 0 saturated heterocycles. The summed E-state index contributed by atoms with van der Waals surface area (Å²) >= 11 is 5.91. The van der Waals surface area contributed by atoms with Crippen LogP contribution < -0.4 is 4.74 Å². The van der Waals surface area contributed by atoms with Crippen LogP contribution in [0.15, 0.2) is 36.5 Å². The van der Waals surface area contributed by atoms with Crippen LogP contribution in [-0.4, -0.2) is 23.2 Å². The number of rotatable bonds is 3. The quantitative estimate of drug-likeness (QED) is 0.924. The molecule has 0 bridgehead atoms. The maximum atomic E-state index is 11.2. The number of hydrogen-bond donors (Lipinski definition) is 1. The summed E-state index contributed by atoms with van der Waals surface area (Å²) in [5.74, 6) is -0.531. The molecule has 0 spiro atoms. The van der Waals surface area contributed by atoms with Gasteiger partial charge in [0.2, 0.25) is 0 Å². The standard InChI is InChI=1S/C13H10ClNO3/c1-18-11-3-2-6-15-12(11)10-7-8(14)4-5-9(10)13(16)17/h2-7H,1H3,(H,16,17). The third-order valence-electron chi connectivity index (χ3n) is 2.46. The van der Waals surface area contributed by atoms with Crippen LogP contribution in [0.1, 0.15) is 10.4 Å². The summed E-state index contributed by atoms with van der Waals surface area (Å²) in [7, 11) is 1.51. The van der Waals surface area contributed by atoms with E-state index in [-0.39, 0.29) is 5.56 Å². The predicted octanol–water partition coefficient (Wildman–Crippen LogP) is 3.11. The number of methoxy groups -OCH3 is 1. The lowest BCUT2D eigenvalue weighted by molar-refractivity contribution is 0.0697. The molecule has 1 heterocycles. The number of aromatic nitrogens is 1. The van der Waals surface area contributed by atoms with E-state index in [2.05, 4.69) is 4.98 Å². The highest BCUT2D eigenvalue weighted by Gasteiger charge is 2.16. The van der Waals surface area contributed by atoms with E-state index < -0.39 is 5.97 Å². The average Bonchev–Trinajstić information content (AvgIpc) is 2.38. The predicted molar refractivity (Wildman–Crippen MR) is 68.2 cm³/mol. The molecule has 0 fully saturated rings. The average molecular weight is 264 g/mol. The highest BCUT2D eigenvalue weighted by molar-refractivity contribution is 6.31. The van der Waals surface area contributed by atoms with Gasteiger partial charge in [0.15, 0.2) is 0 Å². The second-order valence-electron chi connectivity index (χ2n) is 3.55. The van der Waals surface area contributed by atoms with Gasteiger partial charge in [-0.05, 0) is 30.3 Å². The summed E-state index contributed by atoms with van der Waals surface area (Å²) in [6.45, 7) is 0. The van der Waals surface area contributed by atoms with Gasteiger partial charge in [0, 0.05) is 16.8 Å². The second-order valence-corrected chi connectivity index (χ2v) is 3.99. The van der Waals surface area contributed by atoms with Crippen molar-refractivity contribution in [1.82, 2.24) is 4.98 Å². The minimum atomic E-state index is -1.03. The van der Waals surface area contributed by atoms with E-state index in [9.17, 15) is 4.79 Å². The number of carboxylic acids is 1. The molecule has 2 aromatic rings. The fourth-order valence-electron chi connectivity index (χ4n) is 1.66. The third kappa shape index (κ3) is 2.28. The number of aromatic carboxylic acids is 1. The topological polar surface area (TPSA) is 59.4 Å². The van der Waals surface area contributed by atoms with Crippen LogP contribution in [0.3, 0.4) is 0 Å². The van der Waals surface area contributed by atoms with E-state index >= 15 is 0 Å². The third-order valence-corrected chi connectivity index (χ3v) is 2.69. The summed E-state index contributed by atoms with van der Waals surface area (Å²) in [6.07, 6.45) is 1.57. The lowest BCUT2D eigenvalue weighted by Crippen LogP contribution is -2.01. The Bertz CT molecular complexity index is 599. The molecule has 0 saturated carbocycles. The van der Waals surface area contributed by atoms with Gasteiger partial charge in [-0.3, -0.25) is 4.98 Å². The van der Waals surface area contributed by atoms with E-state index in [1.54, 1.807) is 24.4 Å². The Hall–Kier alpha value is -2.07. The molecule has 4 nitrogen and oxygen atoms in total. The van der Waals surface area contributed by atoms with Gasteiger partial charge in [0.1, 0.15) is 11.4 Å². The van der Waals surface area contributed by atoms with Crippen molar-refractivity contribution < 1.29 is 14.6 Å². The zero-order valence-electron chi connectivity index (χ0n) is 9.55. The summed E-state index contributed by atoms with van der Waals surface area (Å²) in [4.78, 5) is 15.4. The molecule has 0 aliphatic rings. The maximum Gasteiger partial charge on any atom is 0.336 e. The van der Waals surface area contributed by atoms with E-state index in [4.69, 9.17) is 21.4 Å². The van der Waals surface area contributed by atoms with E-state index in [0.29, 0.717) is 22.0 Å². The Morgan fingerprint density at radius 3 is 2.83 bits per heavy atom. The minimum Gasteiger partial charge on any atom is -0.494 e. The summed E-state index contributed by atoms with van der Waals surface area (Å²) in [5, 5.41) is 9.62. The molecule has 0 aliphatic heterocycles. The Balaban J connectivity index is 2.69. The number of halogens is 1. The largest absolute Gasteiger partial charge is 0.494 e. The van der Waals surface area contributed by atoms with Crippen LogP contribution in [0.25, 0.3) is 11.3 Å². The first kappa shape index (κ1) is 12.4. The van der Waals surface area contributed by atoms with Crippen molar-refractivity contribution in [1.29, 1.82) is 0 Å². The van der Waals surface area contributed by atoms with Crippen molar-refractivity contribution in [2.75, 3.05) is 7.11 Å². The van der Waals surface area contributed by atoms with Crippen molar-refractivity contribution >= 4 is 17.6 Å². The highest BCUT2D eigenvalue weighted by atomic mass is 35.5. The molecule has 92 valence electrons. The van der Waals surface area contributed by atoms with E-state index in [1.165, 1.54) is 19.2 Å². The van der Waals surface area contributed by atoms with Crippen molar-refractivity contribution in [2.45, 2.75) is 0 Å². The number of nitrogens with zero attached hydrogens (tertiary/aromatic N) is 1. The maximum absolute atomic E-state index is 11.2. The lowest BCUT2D eigenvalue weighted by atomic mass is 10.0. The summed E-state index contributed by atoms with van der Waals surface area (Å²) in [5.41, 5.74) is 1.03. The Morgan fingerprint density at radius 1 is 1.39 bits per heavy atom. The molecular formula is C13H10ClNO3. The van der Waals surface area contributed by atoms with Crippen LogP contribution in [0, 0.1) is 0 Å². The van der Waals surface area contributed by atoms with Crippen molar-refractivity contribution in [3.05, 3.63) is 47.1 Å². The first-order chi connectivity index (χ1) is 8.63. The van der Waals surface area contributed by atoms with Crippen LogP contribution in [0.5, 0.6) is 5.75 Å². The first-order valence-corrected chi connectivity index (χ1v) is 5.53. The molecule has 0 atom stereocenters.